The molecule has 13 heavy (non-hydrogen) atoms. The molecule has 2 heterocycles. The average Bonchev–Trinajstić information content (AvgIpc) is 2.47. The van der Waals surface area contributed by atoms with E-state index in [1.165, 1.54) is 16.0 Å². The standard InChI is InChI=1S/C10H15NOS/c1-6-3-9-8(4-11)5-13-10(9)7(2)12-6/h5-7H,3-4,11H2,1-2H3. The zero-order chi connectivity index (χ0) is 9.42. The fraction of sp³-hybridized carbons (Fsp3) is 0.600. The third-order valence-corrected chi connectivity index (χ3v) is 3.76. The third-order valence-electron chi connectivity index (χ3n) is 2.53. The van der Waals surface area contributed by atoms with E-state index in [4.69, 9.17) is 10.5 Å². The van der Waals surface area contributed by atoms with Crippen LogP contribution in [-0.4, -0.2) is 6.10 Å². The molecule has 1 aromatic rings. The van der Waals surface area contributed by atoms with Gasteiger partial charge in [-0.25, -0.2) is 0 Å². The summed E-state index contributed by atoms with van der Waals surface area (Å²) in [4.78, 5) is 1.37. The quantitative estimate of drug-likeness (QED) is 0.749. The van der Waals surface area contributed by atoms with Crippen molar-refractivity contribution in [2.24, 2.45) is 5.73 Å². The second-order valence-corrected chi connectivity index (χ2v) is 4.51. The molecule has 2 atom stereocenters. The Morgan fingerprint density at radius 1 is 1.62 bits per heavy atom. The molecule has 0 saturated carbocycles. The van der Waals surface area contributed by atoms with Crippen LogP contribution in [-0.2, 0) is 17.7 Å². The van der Waals surface area contributed by atoms with Crippen molar-refractivity contribution in [2.75, 3.05) is 0 Å². The molecular weight excluding hydrogens is 182 g/mol. The van der Waals surface area contributed by atoms with E-state index in [-0.39, 0.29) is 6.10 Å². The lowest BCUT2D eigenvalue weighted by Crippen LogP contribution is -2.21. The van der Waals surface area contributed by atoms with Gasteiger partial charge in [0.05, 0.1) is 12.2 Å². The Labute approximate surface area is 82.7 Å². The van der Waals surface area contributed by atoms with Crippen molar-refractivity contribution in [3.8, 4) is 0 Å². The zero-order valence-corrected chi connectivity index (χ0v) is 8.86. The third kappa shape index (κ3) is 1.52. The summed E-state index contributed by atoms with van der Waals surface area (Å²) >= 11 is 1.78. The molecule has 2 N–H and O–H groups in total. The van der Waals surface area contributed by atoms with Crippen molar-refractivity contribution >= 4 is 11.3 Å². The Balaban J connectivity index is 2.40. The van der Waals surface area contributed by atoms with E-state index < -0.39 is 0 Å². The average molecular weight is 197 g/mol. The fourth-order valence-corrected chi connectivity index (χ4v) is 3.04. The minimum absolute atomic E-state index is 0.254. The molecule has 0 fully saturated rings. The van der Waals surface area contributed by atoms with Gasteiger partial charge < -0.3 is 10.5 Å². The summed E-state index contributed by atoms with van der Waals surface area (Å²) in [5.74, 6) is 0. The highest BCUT2D eigenvalue weighted by Gasteiger charge is 2.25. The Hall–Kier alpha value is -0.380. The van der Waals surface area contributed by atoms with Gasteiger partial charge in [0.15, 0.2) is 0 Å². The normalized spacial score (nSPS) is 27.3. The zero-order valence-electron chi connectivity index (χ0n) is 8.04. The van der Waals surface area contributed by atoms with Crippen molar-refractivity contribution in [2.45, 2.75) is 39.0 Å². The summed E-state index contributed by atoms with van der Waals surface area (Å²) < 4.78 is 5.74. The van der Waals surface area contributed by atoms with Gasteiger partial charge in [0.1, 0.15) is 0 Å². The molecule has 0 saturated heterocycles. The fourth-order valence-electron chi connectivity index (χ4n) is 1.93. The molecule has 0 aromatic carbocycles. The van der Waals surface area contributed by atoms with Crippen LogP contribution in [0.2, 0.25) is 0 Å². The predicted molar refractivity (Wildman–Crippen MR) is 54.9 cm³/mol. The molecule has 1 aliphatic heterocycles. The first-order valence-corrected chi connectivity index (χ1v) is 5.55. The van der Waals surface area contributed by atoms with Crippen molar-refractivity contribution < 1.29 is 4.74 Å². The molecule has 0 bridgehead atoms. The Morgan fingerprint density at radius 3 is 3.08 bits per heavy atom. The maximum Gasteiger partial charge on any atom is 0.0895 e. The number of hydrogen-bond donors (Lipinski definition) is 1. The molecule has 0 spiro atoms. The molecule has 2 rings (SSSR count). The van der Waals surface area contributed by atoms with E-state index >= 15 is 0 Å². The number of rotatable bonds is 1. The second kappa shape index (κ2) is 3.40. The van der Waals surface area contributed by atoms with Crippen LogP contribution in [0.1, 0.15) is 36.0 Å². The lowest BCUT2D eigenvalue weighted by Gasteiger charge is -2.26. The molecule has 3 heteroatoms. The molecule has 2 unspecified atom stereocenters. The van der Waals surface area contributed by atoms with Crippen LogP contribution in [0.5, 0.6) is 0 Å². The van der Waals surface area contributed by atoms with E-state index in [9.17, 15) is 0 Å². The summed E-state index contributed by atoms with van der Waals surface area (Å²) in [6, 6.07) is 0. The molecule has 0 aliphatic carbocycles. The van der Waals surface area contributed by atoms with Crippen LogP contribution in [0.25, 0.3) is 0 Å². The lowest BCUT2D eigenvalue weighted by atomic mass is 10.00. The number of nitrogens with two attached hydrogens (primary N) is 1. The van der Waals surface area contributed by atoms with Gasteiger partial charge in [0.2, 0.25) is 0 Å². The van der Waals surface area contributed by atoms with Crippen molar-refractivity contribution in [1.82, 2.24) is 0 Å². The highest BCUT2D eigenvalue weighted by Crippen LogP contribution is 2.36. The highest BCUT2D eigenvalue weighted by atomic mass is 32.1. The lowest BCUT2D eigenvalue weighted by molar-refractivity contribution is -0.00234. The highest BCUT2D eigenvalue weighted by molar-refractivity contribution is 7.10. The first-order valence-electron chi connectivity index (χ1n) is 4.67. The SMILES string of the molecule is CC1Cc2c(CN)csc2C(C)O1. The minimum atomic E-state index is 0.254. The van der Waals surface area contributed by atoms with Crippen LogP contribution >= 0.6 is 11.3 Å². The topological polar surface area (TPSA) is 35.2 Å². The number of fused-ring (bicyclic) bond motifs is 1. The Morgan fingerprint density at radius 2 is 2.38 bits per heavy atom. The first-order chi connectivity index (χ1) is 6.22. The van der Waals surface area contributed by atoms with Crippen molar-refractivity contribution in [3.63, 3.8) is 0 Å². The van der Waals surface area contributed by atoms with Gasteiger partial charge in [-0.2, -0.15) is 0 Å². The minimum Gasteiger partial charge on any atom is -0.370 e. The molecule has 0 amide bonds. The largest absolute Gasteiger partial charge is 0.370 e. The summed E-state index contributed by atoms with van der Waals surface area (Å²) in [6.45, 7) is 4.90. The summed E-state index contributed by atoms with van der Waals surface area (Å²) in [6.07, 6.45) is 1.61. The van der Waals surface area contributed by atoms with Crippen LogP contribution in [0.15, 0.2) is 5.38 Å². The Kier molecular flexibility index (Phi) is 2.41. The van der Waals surface area contributed by atoms with Crippen LogP contribution in [0.3, 0.4) is 0 Å². The number of thiophene rings is 1. The molecule has 2 nitrogen and oxygen atoms in total. The van der Waals surface area contributed by atoms with Gasteiger partial charge in [-0.05, 0) is 36.8 Å². The molecule has 72 valence electrons. The number of ether oxygens (including phenoxy) is 1. The van der Waals surface area contributed by atoms with E-state index in [2.05, 4.69) is 19.2 Å². The second-order valence-electron chi connectivity index (χ2n) is 3.60. The van der Waals surface area contributed by atoms with Crippen LogP contribution in [0.4, 0.5) is 0 Å². The van der Waals surface area contributed by atoms with E-state index in [0.29, 0.717) is 12.6 Å². The van der Waals surface area contributed by atoms with Gasteiger partial charge in [0.25, 0.3) is 0 Å². The molecule has 1 aliphatic rings. The van der Waals surface area contributed by atoms with E-state index in [1.807, 2.05) is 0 Å². The smallest absolute Gasteiger partial charge is 0.0895 e. The van der Waals surface area contributed by atoms with Crippen LogP contribution in [0, 0.1) is 0 Å². The molecule has 1 aromatic heterocycles. The monoisotopic (exact) mass is 197 g/mol. The molecular formula is C10H15NOS. The maximum absolute atomic E-state index is 5.74. The van der Waals surface area contributed by atoms with Gasteiger partial charge in [-0.15, -0.1) is 11.3 Å². The summed E-state index contributed by atoms with van der Waals surface area (Å²) in [5.41, 5.74) is 8.43. The Bertz CT molecular complexity index is 308. The number of hydrogen-bond acceptors (Lipinski definition) is 3. The van der Waals surface area contributed by atoms with Gasteiger partial charge >= 0.3 is 0 Å². The van der Waals surface area contributed by atoms with Crippen molar-refractivity contribution in [1.29, 1.82) is 0 Å². The maximum atomic E-state index is 5.74. The van der Waals surface area contributed by atoms with Gasteiger partial charge in [-0.1, -0.05) is 0 Å². The summed E-state index contributed by atoms with van der Waals surface area (Å²) in [7, 11) is 0. The van der Waals surface area contributed by atoms with Crippen molar-refractivity contribution in [3.05, 3.63) is 21.4 Å². The van der Waals surface area contributed by atoms with E-state index in [1.54, 1.807) is 11.3 Å². The van der Waals surface area contributed by atoms with Gasteiger partial charge in [-0.3, -0.25) is 0 Å². The molecule has 0 radical (unpaired) electrons. The van der Waals surface area contributed by atoms with E-state index in [0.717, 1.165) is 6.42 Å². The predicted octanol–water partition coefficient (Wildman–Crippen LogP) is 2.23. The van der Waals surface area contributed by atoms with Gasteiger partial charge in [0, 0.05) is 11.4 Å². The summed E-state index contributed by atoms with van der Waals surface area (Å²) in [5, 5.41) is 2.17. The first kappa shape index (κ1) is 9.19. The van der Waals surface area contributed by atoms with Crippen LogP contribution < -0.4 is 5.73 Å².